The molecule has 2 aliphatic rings. The van der Waals surface area contributed by atoms with Gasteiger partial charge in [0.05, 0.1) is 22.3 Å². The normalized spacial score (nSPS) is 24.4. The van der Waals surface area contributed by atoms with Gasteiger partial charge in [-0.05, 0) is 68.8 Å². The third-order valence-corrected chi connectivity index (χ3v) is 8.66. The Morgan fingerprint density at radius 2 is 2.03 bits per heavy atom. The second-order valence-electron chi connectivity index (χ2n) is 9.62. The lowest BCUT2D eigenvalue weighted by atomic mass is 9.73. The van der Waals surface area contributed by atoms with Crippen LogP contribution in [0.1, 0.15) is 50.5 Å². The molecule has 1 aromatic carbocycles. The minimum atomic E-state index is 0.0526. The fraction of sp³-hybridized carbons (Fsp3) is 0.692. The third kappa shape index (κ3) is 7.70. The molecule has 0 spiro atoms. The van der Waals surface area contributed by atoms with E-state index >= 15 is 0 Å². The van der Waals surface area contributed by atoms with Crippen LogP contribution in [0.5, 0.6) is 0 Å². The Balaban J connectivity index is 1.72. The van der Waals surface area contributed by atoms with Crippen molar-refractivity contribution in [2.75, 3.05) is 51.3 Å². The van der Waals surface area contributed by atoms with Crippen LogP contribution in [0.3, 0.4) is 0 Å². The Morgan fingerprint density at radius 3 is 2.69 bits per heavy atom. The molecule has 2 fully saturated rings. The van der Waals surface area contributed by atoms with Gasteiger partial charge in [0, 0.05) is 42.6 Å². The molecule has 1 aromatic rings. The van der Waals surface area contributed by atoms with E-state index < -0.39 is 0 Å². The number of thiol groups is 2. The summed E-state index contributed by atoms with van der Waals surface area (Å²) in [6.07, 6.45) is 5.27. The number of piperidine rings is 1. The average molecular weight is 576 g/mol. The Morgan fingerprint density at radius 1 is 1.22 bits per heavy atom. The predicted octanol–water partition coefficient (Wildman–Crippen LogP) is 5.01. The van der Waals surface area contributed by atoms with Crippen molar-refractivity contribution in [3.63, 3.8) is 0 Å². The number of hydrogen-bond acceptors (Lipinski definition) is 7. The highest BCUT2D eigenvalue weighted by Crippen LogP contribution is 2.48. The van der Waals surface area contributed by atoms with Crippen molar-refractivity contribution in [1.29, 1.82) is 0 Å². The summed E-state index contributed by atoms with van der Waals surface area (Å²) < 4.78 is 0. The summed E-state index contributed by atoms with van der Waals surface area (Å²) in [7, 11) is 1.63. The maximum atomic E-state index is 12.2. The first kappa shape index (κ1) is 29.9. The summed E-state index contributed by atoms with van der Waals surface area (Å²) in [6, 6.07) is 7.00. The average Bonchev–Trinajstić information content (AvgIpc) is 3.14. The molecule has 1 amide bonds. The van der Waals surface area contributed by atoms with E-state index in [1.165, 1.54) is 12.0 Å². The number of halogens is 2. The number of nitrogens with one attached hydrogen (secondary N) is 1. The van der Waals surface area contributed by atoms with Gasteiger partial charge in [-0.2, -0.15) is 25.3 Å². The molecular formula is C26H40Cl2N4O2S2. The molecule has 4 atom stereocenters. The van der Waals surface area contributed by atoms with E-state index in [0.29, 0.717) is 46.9 Å². The number of carbonyl (C=O) groups excluding carboxylic acids is 1. The number of benzene rings is 1. The Kier molecular flexibility index (Phi) is 12.5. The Hall–Kier alpha value is -0.640. The minimum Gasteiger partial charge on any atom is -0.399 e. The number of fused-ring (bicyclic) bond motifs is 2. The van der Waals surface area contributed by atoms with Crippen LogP contribution >= 0.6 is 48.5 Å². The van der Waals surface area contributed by atoms with Gasteiger partial charge in [0.1, 0.15) is 7.11 Å². The van der Waals surface area contributed by atoms with Crippen molar-refractivity contribution >= 4 is 60.1 Å². The smallest absolute Gasteiger partial charge is 0.234 e. The van der Waals surface area contributed by atoms with E-state index in [2.05, 4.69) is 58.5 Å². The van der Waals surface area contributed by atoms with E-state index in [0.717, 1.165) is 56.8 Å². The molecule has 2 heterocycles. The van der Waals surface area contributed by atoms with Gasteiger partial charge in [-0.3, -0.25) is 14.6 Å². The molecule has 6 nitrogen and oxygen atoms in total. The largest absolute Gasteiger partial charge is 0.399 e. The van der Waals surface area contributed by atoms with Gasteiger partial charge in [-0.15, -0.1) is 0 Å². The monoisotopic (exact) mass is 574 g/mol. The molecule has 0 aliphatic carbocycles. The van der Waals surface area contributed by atoms with Crippen molar-refractivity contribution in [3.05, 3.63) is 33.8 Å². The first-order valence-electron chi connectivity index (χ1n) is 12.9. The van der Waals surface area contributed by atoms with E-state index in [4.69, 9.17) is 28.0 Å². The molecular weight excluding hydrogens is 535 g/mol. The van der Waals surface area contributed by atoms with Gasteiger partial charge in [-0.25, -0.2) is 0 Å². The number of carbonyl (C=O) groups is 1. The molecule has 0 radical (unpaired) electrons. The van der Waals surface area contributed by atoms with Crippen molar-refractivity contribution in [2.24, 2.45) is 11.1 Å². The number of hydrogen-bond donors (Lipinski definition) is 3. The molecule has 10 heteroatoms. The van der Waals surface area contributed by atoms with Crippen LogP contribution in [0.2, 0.25) is 10.0 Å². The van der Waals surface area contributed by atoms with Crippen molar-refractivity contribution in [2.45, 2.75) is 57.0 Å². The van der Waals surface area contributed by atoms with Crippen molar-refractivity contribution in [1.82, 2.24) is 15.1 Å². The summed E-state index contributed by atoms with van der Waals surface area (Å²) in [5.74, 6) is 2.03. The second-order valence-corrected chi connectivity index (χ2v) is 11.3. The number of amides is 1. The second kappa shape index (κ2) is 15.1. The van der Waals surface area contributed by atoms with E-state index in [1.807, 2.05) is 12.1 Å². The molecule has 4 unspecified atom stereocenters. The van der Waals surface area contributed by atoms with E-state index in [-0.39, 0.29) is 11.8 Å². The van der Waals surface area contributed by atoms with Crippen LogP contribution in [-0.4, -0.2) is 84.8 Å². The van der Waals surface area contributed by atoms with E-state index in [9.17, 15) is 4.79 Å². The zero-order valence-electron chi connectivity index (χ0n) is 21.3. The highest BCUT2D eigenvalue weighted by molar-refractivity contribution is 7.80. The highest BCUT2D eigenvalue weighted by atomic mass is 35.5. The zero-order chi connectivity index (χ0) is 26.1. The molecule has 202 valence electrons. The fourth-order valence-corrected chi connectivity index (χ4v) is 6.72. The number of rotatable bonds is 14. The quantitative estimate of drug-likeness (QED) is 0.166. The summed E-state index contributed by atoms with van der Waals surface area (Å²) in [5, 5.41) is 8.59. The van der Waals surface area contributed by atoms with Crippen LogP contribution in [0.15, 0.2) is 23.4 Å². The lowest BCUT2D eigenvalue weighted by Gasteiger charge is -2.45. The summed E-state index contributed by atoms with van der Waals surface area (Å²) in [4.78, 5) is 22.4. The van der Waals surface area contributed by atoms with Crippen molar-refractivity contribution in [3.8, 4) is 0 Å². The van der Waals surface area contributed by atoms with Gasteiger partial charge in [0.2, 0.25) is 5.91 Å². The number of oxime groups is 1. The van der Waals surface area contributed by atoms with Gasteiger partial charge >= 0.3 is 0 Å². The van der Waals surface area contributed by atoms with Crippen LogP contribution in [0.4, 0.5) is 0 Å². The van der Waals surface area contributed by atoms with Gasteiger partial charge < -0.3 is 10.2 Å². The minimum absolute atomic E-state index is 0.0526. The fourth-order valence-electron chi connectivity index (χ4n) is 6.02. The van der Waals surface area contributed by atoms with Crippen LogP contribution in [-0.2, 0) is 9.63 Å². The lowest BCUT2D eigenvalue weighted by molar-refractivity contribution is -0.122. The Labute approximate surface area is 237 Å². The first-order valence-corrected chi connectivity index (χ1v) is 15.0. The van der Waals surface area contributed by atoms with Crippen LogP contribution in [0, 0.1) is 5.92 Å². The SMILES string of the molecule is CCC(=NOC)C1C(c2ccc(Cl)c(Cl)c2)CC2CCC1N2CCCN(CCS)CC(=O)NCCS. The highest BCUT2D eigenvalue weighted by Gasteiger charge is 2.49. The summed E-state index contributed by atoms with van der Waals surface area (Å²) in [5.41, 5.74) is 2.34. The molecule has 0 saturated carbocycles. The third-order valence-electron chi connectivity index (χ3n) is 7.50. The van der Waals surface area contributed by atoms with Gasteiger partial charge in [0.25, 0.3) is 0 Å². The molecule has 2 bridgehead atoms. The van der Waals surface area contributed by atoms with Gasteiger partial charge in [0.15, 0.2) is 0 Å². The van der Waals surface area contributed by atoms with Crippen molar-refractivity contribution < 1.29 is 9.63 Å². The van der Waals surface area contributed by atoms with Gasteiger partial charge in [-0.1, -0.05) is 41.3 Å². The Bertz CT molecular complexity index is 892. The summed E-state index contributed by atoms with van der Waals surface area (Å²) in [6.45, 7) is 5.83. The first-order chi connectivity index (χ1) is 17.4. The maximum Gasteiger partial charge on any atom is 0.234 e. The molecule has 3 rings (SSSR count). The molecule has 2 aliphatic heterocycles. The summed E-state index contributed by atoms with van der Waals surface area (Å²) >= 11 is 21.2. The number of nitrogens with zero attached hydrogens (tertiary/aromatic N) is 3. The molecule has 0 aromatic heterocycles. The van der Waals surface area contributed by atoms with Crippen LogP contribution < -0.4 is 5.32 Å². The topological polar surface area (TPSA) is 57.2 Å². The van der Waals surface area contributed by atoms with Crippen LogP contribution in [0.25, 0.3) is 0 Å². The lowest BCUT2D eigenvalue weighted by Crippen LogP contribution is -2.51. The molecule has 1 N–H and O–H groups in total. The maximum absolute atomic E-state index is 12.2. The molecule has 36 heavy (non-hydrogen) atoms. The zero-order valence-corrected chi connectivity index (χ0v) is 24.6. The standard InChI is InChI=1S/C26H40Cl2N4O2S2/c1-3-23(30-34-2)26-20(18-5-7-21(27)22(28)15-18)16-19-6-8-24(26)32(19)11-4-10-31(12-14-36)17-25(33)29-9-13-35/h5,7,15,19-20,24,26,35-36H,3-4,6,8-14,16-17H2,1-2H3,(H,29,33). The molecule has 2 saturated heterocycles. The van der Waals surface area contributed by atoms with E-state index in [1.54, 1.807) is 7.11 Å². The predicted molar refractivity (Wildman–Crippen MR) is 157 cm³/mol.